The van der Waals surface area contributed by atoms with Crippen LogP contribution in [0.3, 0.4) is 0 Å². The second-order valence-electron chi connectivity index (χ2n) is 8.87. The predicted molar refractivity (Wildman–Crippen MR) is 113 cm³/mol. The molecule has 4 nitrogen and oxygen atoms in total. The van der Waals surface area contributed by atoms with Crippen LogP contribution in [0, 0.1) is 11.7 Å². The molecule has 0 radical (unpaired) electrons. The molecule has 2 atom stereocenters. The fourth-order valence-corrected chi connectivity index (χ4v) is 5.24. The molecule has 2 aliphatic heterocycles. The fraction of sp³-hybridized carbons (Fsp3) is 0.458. The molecule has 5 heteroatoms. The summed E-state index contributed by atoms with van der Waals surface area (Å²) in [7, 11) is 1.66. The SMILES string of the molecule is COCc1cccc(C(=O)N2CC[C@H]3[C@@H](C2)CC(C)(C)N3c2cccc(F)c2)c1. The molecule has 0 spiro atoms. The number of benzene rings is 2. The number of hydrogen-bond acceptors (Lipinski definition) is 3. The van der Waals surface area contributed by atoms with Crippen molar-refractivity contribution in [2.75, 3.05) is 25.1 Å². The molecule has 0 bridgehead atoms. The Morgan fingerprint density at radius 1 is 1.21 bits per heavy atom. The van der Waals surface area contributed by atoms with Crippen molar-refractivity contribution in [3.63, 3.8) is 0 Å². The third-order valence-electron chi connectivity index (χ3n) is 6.30. The van der Waals surface area contributed by atoms with Crippen LogP contribution in [0.1, 0.15) is 42.6 Å². The molecule has 2 aromatic rings. The molecule has 0 N–H and O–H groups in total. The minimum atomic E-state index is -0.203. The van der Waals surface area contributed by atoms with Crippen LogP contribution in [0.25, 0.3) is 0 Å². The standard InChI is InChI=1S/C24H29FN2O2/c1-24(2)14-19-15-26(23(28)18-7-4-6-17(12-18)16-29-3)11-10-22(19)27(24)21-9-5-8-20(25)13-21/h4-9,12-13,19,22H,10-11,14-16H2,1-3H3/t19-,22+/m1/s1. The summed E-state index contributed by atoms with van der Waals surface area (Å²) in [5.41, 5.74) is 2.60. The lowest BCUT2D eigenvalue weighted by atomic mass is 9.89. The van der Waals surface area contributed by atoms with E-state index in [0.29, 0.717) is 18.6 Å². The van der Waals surface area contributed by atoms with Crippen LogP contribution >= 0.6 is 0 Å². The Hall–Kier alpha value is -2.40. The number of ether oxygens (including phenoxy) is 1. The number of nitrogens with zero attached hydrogens (tertiary/aromatic N) is 2. The summed E-state index contributed by atoms with van der Waals surface area (Å²) in [4.78, 5) is 17.5. The lowest BCUT2D eigenvalue weighted by Crippen LogP contribution is -2.50. The lowest BCUT2D eigenvalue weighted by Gasteiger charge is -2.42. The molecule has 0 unspecified atom stereocenters. The van der Waals surface area contributed by atoms with Gasteiger partial charge in [0.2, 0.25) is 0 Å². The van der Waals surface area contributed by atoms with Gasteiger partial charge in [-0.3, -0.25) is 4.79 Å². The van der Waals surface area contributed by atoms with Crippen molar-refractivity contribution in [1.29, 1.82) is 0 Å². The van der Waals surface area contributed by atoms with Crippen LogP contribution in [0.5, 0.6) is 0 Å². The van der Waals surface area contributed by atoms with E-state index in [4.69, 9.17) is 4.74 Å². The smallest absolute Gasteiger partial charge is 0.253 e. The number of likely N-dealkylation sites (tertiary alicyclic amines) is 1. The van der Waals surface area contributed by atoms with Gasteiger partial charge in [-0.25, -0.2) is 4.39 Å². The van der Waals surface area contributed by atoms with Crippen molar-refractivity contribution >= 4 is 11.6 Å². The first-order valence-corrected chi connectivity index (χ1v) is 10.3. The summed E-state index contributed by atoms with van der Waals surface area (Å²) in [5.74, 6) is 0.266. The van der Waals surface area contributed by atoms with Gasteiger partial charge in [0.1, 0.15) is 5.82 Å². The van der Waals surface area contributed by atoms with Gasteiger partial charge in [0, 0.05) is 43.0 Å². The maximum atomic E-state index is 13.9. The number of piperidine rings is 1. The first-order valence-electron chi connectivity index (χ1n) is 10.3. The number of anilines is 1. The number of carbonyl (C=O) groups is 1. The number of hydrogen-bond donors (Lipinski definition) is 0. The van der Waals surface area contributed by atoms with Crippen molar-refractivity contribution in [3.8, 4) is 0 Å². The summed E-state index contributed by atoms with van der Waals surface area (Å²) < 4.78 is 19.0. The van der Waals surface area contributed by atoms with E-state index >= 15 is 0 Å². The third kappa shape index (κ3) is 3.88. The van der Waals surface area contributed by atoms with E-state index in [0.717, 1.165) is 42.7 Å². The maximum Gasteiger partial charge on any atom is 0.253 e. The summed E-state index contributed by atoms with van der Waals surface area (Å²) in [6, 6.07) is 14.9. The van der Waals surface area contributed by atoms with Crippen LogP contribution in [0.4, 0.5) is 10.1 Å². The summed E-state index contributed by atoms with van der Waals surface area (Å²) in [6.45, 7) is 6.40. The van der Waals surface area contributed by atoms with Gasteiger partial charge in [-0.1, -0.05) is 18.2 Å². The molecular formula is C24H29FN2O2. The van der Waals surface area contributed by atoms with E-state index < -0.39 is 0 Å². The molecule has 2 aromatic carbocycles. The second kappa shape index (κ2) is 7.79. The molecule has 4 rings (SSSR count). The zero-order valence-corrected chi connectivity index (χ0v) is 17.4. The molecule has 1 amide bonds. The highest BCUT2D eigenvalue weighted by molar-refractivity contribution is 5.94. The topological polar surface area (TPSA) is 32.8 Å². The van der Waals surface area contributed by atoms with E-state index in [1.54, 1.807) is 19.2 Å². The molecule has 0 aliphatic carbocycles. The number of halogens is 1. The molecule has 0 aromatic heterocycles. The average molecular weight is 397 g/mol. The zero-order chi connectivity index (χ0) is 20.6. The molecule has 2 aliphatic rings. The minimum Gasteiger partial charge on any atom is -0.380 e. The first-order chi connectivity index (χ1) is 13.9. The fourth-order valence-electron chi connectivity index (χ4n) is 5.24. The second-order valence-corrected chi connectivity index (χ2v) is 8.87. The van der Waals surface area contributed by atoms with Gasteiger partial charge >= 0.3 is 0 Å². The Morgan fingerprint density at radius 2 is 2.00 bits per heavy atom. The maximum absolute atomic E-state index is 13.9. The van der Waals surface area contributed by atoms with Crippen molar-refractivity contribution in [3.05, 3.63) is 65.5 Å². The Bertz CT molecular complexity index is 898. The third-order valence-corrected chi connectivity index (χ3v) is 6.30. The van der Waals surface area contributed by atoms with Crippen LogP contribution < -0.4 is 4.90 Å². The molecule has 0 saturated carbocycles. The molecule has 2 saturated heterocycles. The van der Waals surface area contributed by atoms with Crippen LogP contribution in [0.15, 0.2) is 48.5 Å². The van der Waals surface area contributed by atoms with E-state index in [1.165, 1.54) is 6.07 Å². The molecule has 2 heterocycles. The molecule has 29 heavy (non-hydrogen) atoms. The van der Waals surface area contributed by atoms with Crippen LogP contribution in [0.2, 0.25) is 0 Å². The molecule has 2 fully saturated rings. The van der Waals surface area contributed by atoms with Gasteiger partial charge in [-0.05, 0) is 68.5 Å². The molecule has 154 valence electrons. The highest BCUT2D eigenvalue weighted by atomic mass is 19.1. The van der Waals surface area contributed by atoms with Gasteiger partial charge < -0.3 is 14.5 Å². The Balaban J connectivity index is 1.52. The zero-order valence-electron chi connectivity index (χ0n) is 17.4. The van der Waals surface area contributed by atoms with Crippen molar-refractivity contribution in [2.45, 2.75) is 44.9 Å². The van der Waals surface area contributed by atoms with Gasteiger partial charge in [0.25, 0.3) is 5.91 Å². The largest absolute Gasteiger partial charge is 0.380 e. The average Bonchev–Trinajstić information content (AvgIpc) is 2.96. The Kier molecular flexibility index (Phi) is 5.34. The normalized spacial score (nSPS) is 23.2. The van der Waals surface area contributed by atoms with Crippen LogP contribution in [-0.4, -0.2) is 42.6 Å². The Labute approximate surface area is 172 Å². The van der Waals surface area contributed by atoms with Crippen LogP contribution in [-0.2, 0) is 11.3 Å². The summed E-state index contributed by atoms with van der Waals surface area (Å²) in [6.07, 6.45) is 1.88. The van der Waals surface area contributed by atoms with Gasteiger partial charge in [0.15, 0.2) is 0 Å². The number of rotatable bonds is 4. The summed E-state index contributed by atoms with van der Waals surface area (Å²) >= 11 is 0. The predicted octanol–water partition coefficient (Wildman–Crippen LogP) is 4.49. The van der Waals surface area contributed by atoms with Crippen molar-refractivity contribution in [2.24, 2.45) is 5.92 Å². The quantitative estimate of drug-likeness (QED) is 0.763. The number of carbonyl (C=O) groups excluding carboxylic acids is 1. The van der Waals surface area contributed by atoms with E-state index in [1.807, 2.05) is 35.2 Å². The first kappa shape index (κ1) is 19.9. The van der Waals surface area contributed by atoms with Gasteiger partial charge in [0.05, 0.1) is 6.61 Å². The number of fused-ring (bicyclic) bond motifs is 1. The minimum absolute atomic E-state index is 0.0689. The number of methoxy groups -OCH3 is 1. The number of amides is 1. The van der Waals surface area contributed by atoms with Crippen molar-refractivity contribution < 1.29 is 13.9 Å². The summed E-state index contributed by atoms with van der Waals surface area (Å²) in [5, 5.41) is 0. The monoisotopic (exact) mass is 396 g/mol. The molecular weight excluding hydrogens is 367 g/mol. The van der Waals surface area contributed by atoms with E-state index in [-0.39, 0.29) is 17.3 Å². The van der Waals surface area contributed by atoms with Gasteiger partial charge in [-0.15, -0.1) is 0 Å². The highest BCUT2D eigenvalue weighted by Crippen LogP contribution is 2.44. The van der Waals surface area contributed by atoms with E-state index in [2.05, 4.69) is 18.7 Å². The Morgan fingerprint density at radius 3 is 2.76 bits per heavy atom. The van der Waals surface area contributed by atoms with Crippen molar-refractivity contribution in [1.82, 2.24) is 4.90 Å². The highest BCUT2D eigenvalue weighted by Gasteiger charge is 2.48. The van der Waals surface area contributed by atoms with E-state index in [9.17, 15) is 9.18 Å². The lowest BCUT2D eigenvalue weighted by molar-refractivity contribution is 0.0667. The van der Waals surface area contributed by atoms with Gasteiger partial charge in [-0.2, -0.15) is 0 Å².